The second-order valence-electron chi connectivity index (χ2n) is 7.17. The largest absolute Gasteiger partial charge is 0.497 e. The van der Waals surface area contributed by atoms with Crippen LogP contribution in [-0.2, 0) is 11.2 Å². The van der Waals surface area contributed by atoms with Gasteiger partial charge in [0.05, 0.1) is 25.9 Å². The van der Waals surface area contributed by atoms with Crippen LogP contribution in [0.25, 0.3) is 11.3 Å². The molecule has 3 rings (SSSR count). The number of benzene rings is 2. The van der Waals surface area contributed by atoms with Crippen LogP contribution < -0.4 is 15.0 Å². The molecule has 10 heteroatoms. The van der Waals surface area contributed by atoms with Gasteiger partial charge in [-0.3, -0.25) is 4.79 Å². The zero-order chi connectivity index (χ0) is 23.8. The van der Waals surface area contributed by atoms with Gasteiger partial charge >= 0.3 is 0 Å². The van der Waals surface area contributed by atoms with Crippen molar-refractivity contribution in [2.45, 2.75) is 25.7 Å². The normalized spacial score (nSPS) is 11.1. The highest BCUT2D eigenvalue weighted by Gasteiger charge is 2.17. The Morgan fingerprint density at radius 2 is 1.67 bits per heavy atom. The smallest absolute Gasteiger partial charge is 0.255 e. The van der Waals surface area contributed by atoms with Crippen molar-refractivity contribution >= 4 is 28.1 Å². The molecule has 0 atom stereocenters. The van der Waals surface area contributed by atoms with Crippen LogP contribution in [0.1, 0.15) is 12.0 Å². The summed E-state index contributed by atoms with van der Waals surface area (Å²) in [4.78, 5) is 17.7. The lowest BCUT2D eigenvalue weighted by Gasteiger charge is -2.24. The summed E-state index contributed by atoms with van der Waals surface area (Å²) in [5, 5.41) is 5.10. The van der Waals surface area contributed by atoms with E-state index in [-0.39, 0.29) is 18.0 Å². The number of ether oxygens (including phenoxy) is 1. The molecule has 176 valence electrons. The van der Waals surface area contributed by atoms with E-state index in [0.717, 1.165) is 27.5 Å². The Balaban J connectivity index is 1.53. The number of amides is 1. The Bertz CT molecular complexity index is 1020. The fourth-order valence-corrected chi connectivity index (χ4v) is 3.89. The van der Waals surface area contributed by atoms with Crippen molar-refractivity contribution in [2.75, 3.05) is 30.4 Å². The molecule has 0 spiro atoms. The molecule has 3 aromatic rings. The number of aryl methyl sites for hydroxylation is 1. The predicted octanol–water partition coefficient (Wildman–Crippen LogP) is 5.73. The van der Waals surface area contributed by atoms with Crippen LogP contribution in [0.15, 0.2) is 53.9 Å². The number of carbonyl (C=O) groups excluding carboxylic acids is 1. The number of halogens is 4. The molecule has 0 saturated heterocycles. The fraction of sp³-hybridized carbons (Fsp3) is 0.304. The van der Waals surface area contributed by atoms with E-state index in [9.17, 15) is 22.4 Å². The average molecular weight is 482 g/mol. The highest BCUT2D eigenvalue weighted by molar-refractivity contribution is 7.14. The molecule has 0 aliphatic carbocycles. The molecule has 1 amide bonds. The zero-order valence-electron chi connectivity index (χ0n) is 17.8. The maximum Gasteiger partial charge on any atom is 0.255 e. The van der Waals surface area contributed by atoms with Crippen molar-refractivity contribution in [3.05, 3.63) is 59.5 Å². The third-order valence-electron chi connectivity index (χ3n) is 4.80. The van der Waals surface area contributed by atoms with Gasteiger partial charge in [-0.15, -0.1) is 11.3 Å². The quantitative estimate of drug-likeness (QED) is 0.356. The Morgan fingerprint density at radius 1 is 1.03 bits per heavy atom. The van der Waals surface area contributed by atoms with E-state index >= 15 is 0 Å². The summed E-state index contributed by atoms with van der Waals surface area (Å²) in [5.74, 6) is 0.526. The van der Waals surface area contributed by atoms with Gasteiger partial charge in [0.1, 0.15) is 5.75 Å². The van der Waals surface area contributed by atoms with Crippen LogP contribution in [0.3, 0.4) is 0 Å². The van der Waals surface area contributed by atoms with Crippen molar-refractivity contribution in [3.8, 4) is 17.0 Å². The first kappa shape index (κ1) is 24.5. The maximum atomic E-state index is 12.7. The highest BCUT2D eigenvalue weighted by atomic mass is 32.1. The molecular formula is C23H23F4N3O2S. The minimum absolute atomic E-state index is 0.189. The van der Waals surface area contributed by atoms with E-state index in [0.29, 0.717) is 11.6 Å². The molecule has 5 nitrogen and oxygen atoms in total. The van der Waals surface area contributed by atoms with E-state index in [1.165, 1.54) is 23.5 Å². The summed E-state index contributed by atoms with van der Waals surface area (Å²) in [5.41, 5.74) is 2.73. The molecule has 1 N–H and O–H groups in total. The standard InChI is InChI=1S/C23H23F4N3O2S/c1-32-18-9-5-16(6-10-18)19-14-33-23(28-19)29-22(31)11-4-15-2-7-17(8-3-15)30(12-20(24)25)13-21(26)27/h2-3,5-10,14,20-21H,4,11-13H2,1H3,(H,28,29,31). The molecule has 0 saturated carbocycles. The molecule has 0 unspecified atom stereocenters. The first-order chi connectivity index (χ1) is 15.8. The summed E-state index contributed by atoms with van der Waals surface area (Å²) in [6, 6.07) is 13.8. The number of rotatable bonds is 11. The fourth-order valence-electron chi connectivity index (χ4n) is 3.16. The summed E-state index contributed by atoms with van der Waals surface area (Å²) < 4.78 is 55.8. The van der Waals surface area contributed by atoms with Crippen LogP contribution in [0, 0.1) is 0 Å². The topological polar surface area (TPSA) is 54.5 Å². The van der Waals surface area contributed by atoms with Crippen LogP contribution in [0.4, 0.5) is 28.4 Å². The van der Waals surface area contributed by atoms with Crippen LogP contribution >= 0.6 is 11.3 Å². The minimum atomic E-state index is -2.72. The van der Waals surface area contributed by atoms with Gasteiger partial charge in [0, 0.05) is 23.1 Å². The lowest BCUT2D eigenvalue weighted by Crippen LogP contribution is -2.33. The Kier molecular flexibility index (Phi) is 8.65. The van der Waals surface area contributed by atoms with Gasteiger partial charge in [0.2, 0.25) is 5.91 Å². The number of nitrogens with zero attached hydrogens (tertiary/aromatic N) is 2. The van der Waals surface area contributed by atoms with Crippen molar-refractivity contribution < 1.29 is 27.1 Å². The summed E-state index contributed by atoms with van der Waals surface area (Å²) in [6.45, 7) is -1.53. The average Bonchev–Trinajstić information content (AvgIpc) is 3.25. The molecule has 2 aromatic carbocycles. The monoisotopic (exact) mass is 481 g/mol. The molecule has 0 aliphatic rings. The van der Waals surface area contributed by atoms with Gasteiger partial charge in [-0.1, -0.05) is 12.1 Å². The molecule has 0 bridgehead atoms. The van der Waals surface area contributed by atoms with Gasteiger partial charge in [-0.2, -0.15) is 0 Å². The second-order valence-corrected chi connectivity index (χ2v) is 8.03. The van der Waals surface area contributed by atoms with Crippen molar-refractivity contribution in [3.63, 3.8) is 0 Å². The van der Waals surface area contributed by atoms with Gasteiger partial charge < -0.3 is 15.0 Å². The number of hydrogen-bond acceptors (Lipinski definition) is 5. The summed E-state index contributed by atoms with van der Waals surface area (Å²) >= 11 is 1.32. The SMILES string of the molecule is COc1ccc(-c2csc(NC(=O)CCc3ccc(N(CC(F)F)CC(F)F)cc3)n2)cc1. The maximum absolute atomic E-state index is 12.7. The van der Waals surface area contributed by atoms with Crippen LogP contribution in [0.5, 0.6) is 5.75 Å². The molecule has 0 aliphatic heterocycles. The van der Waals surface area contributed by atoms with Gasteiger partial charge in [-0.25, -0.2) is 22.5 Å². The van der Waals surface area contributed by atoms with Gasteiger partial charge in [0.15, 0.2) is 5.13 Å². The summed E-state index contributed by atoms with van der Waals surface area (Å²) in [6.07, 6.45) is -4.84. The number of alkyl halides is 4. The minimum Gasteiger partial charge on any atom is -0.497 e. The van der Waals surface area contributed by atoms with Crippen molar-refractivity contribution in [1.29, 1.82) is 0 Å². The van der Waals surface area contributed by atoms with Crippen LogP contribution in [-0.4, -0.2) is 43.9 Å². The number of nitrogens with one attached hydrogen (secondary N) is 1. The van der Waals surface area contributed by atoms with Gasteiger partial charge in [0.25, 0.3) is 12.9 Å². The molecule has 33 heavy (non-hydrogen) atoms. The molecule has 0 radical (unpaired) electrons. The number of anilines is 2. The Labute approximate surface area is 193 Å². The molecule has 0 fully saturated rings. The molecule has 1 aromatic heterocycles. The van der Waals surface area contributed by atoms with E-state index in [4.69, 9.17) is 4.74 Å². The number of carbonyl (C=O) groups is 1. The zero-order valence-corrected chi connectivity index (χ0v) is 18.6. The number of aromatic nitrogens is 1. The number of thiazole rings is 1. The predicted molar refractivity (Wildman–Crippen MR) is 122 cm³/mol. The third-order valence-corrected chi connectivity index (χ3v) is 5.55. The Hall–Kier alpha value is -3.14. The first-order valence-corrected chi connectivity index (χ1v) is 11.0. The Morgan fingerprint density at radius 3 is 2.24 bits per heavy atom. The molecular weight excluding hydrogens is 458 g/mol. The van der Waals surface area contributed by atoms with E-state index in [1.54, 1.807) is 19.2 Å². The van der Waals surface area contributed by atoms with E-state index < -0.39 is 25.9 Å². The van der Waals surface area contributed by atoms with Crippen molar-refractivity contribution in [2.24, 2.45) is 0 Å². The van der Waals surface area contributed by atoms with Crippen molar-refractivity contribution in [1.82, 2.24) is 4.98 Å². The summed E-state index contributed by atoms with van der Waals surface area (Å²) in [7, 11) is 1.59. The lowest BCUT2D eigenvalue weighted by atomic mass is 10.1. The third kappa shape index (κ3) is 7.45. The number of hydrogen-bond donors (Lipinski definition) is 1. The number of methoxy groups -OCH3 is 1. The van der Waals surface area contributed by atoms with Gasteiger partial charge in [-0.05, 0) is 48.4 Å². The first-order valence-electron chi connectivity index (χ1n) is 10.1. The molecule has 1 heterocycles. The lowest BCUT2D eigenvalue weighted by molar-refractivity contribution is -0.116. The highest BCUT2D eigenvalue weighted by Crippen LogP contribution is 2.26. The van der Waals surface area contributed by atoms with E-state index in [2.05, 4.69) is 10.3 Å². The second kappa shape index (κ2) is 11.6. The van der Waals surface area contributed by atoms with E-state index in [1.807, 2.05) is 29.6 Å². The van der Waals surface area contributed by atoms with Crippen LogP contribution in [0.2, 0.25) is 0 Å².